The van der Waals surface area contributed by atoms with E-state index in [1.54, 1.807) is 36.0 Å². The number of thioether (sulfide) groups is 1. The molecule has 0 aromatic heterocycles. The Kier molecular flexibility index (Phi) is 8.02. The molecule has 0 aliphatic carbocycles. The molecular weight excluding hydrogens is 348 g/mol. The predicted molar refractivity (Wildman–Crippen MR) is 106 cm³/mol. The normalized spacial score (nSPS) is 11.5. The third kappa shape index (κ3) is 5.81. The summed E-state index contributed by atoms with van der Waals surface area (Å²) >= 11 is 1.64. The molecule has 0 bridgehead atoms. The monoisotopic (exact) mass is 372 g/mol. The minimum absolute atomic E-state index is 0.189. The Morgan fingerprint density at radius 1 is 1.08 bits per heavy atom. The quantitative estimate of drug-likeness (QED) is 0.710. The SMILES string of the molecule is COc1ccccc1C(=O)N[C@@H](CCSC)C(=O)NCc1ccccc1. The fraction of sp³-hybridized carbons (Fsp3) is 0.300. The van der Waals surface area contributed by atoms with Gasteiger partial charge in [-0.15, -0.1) is 0 Å². The van der Waals surface area contributed by atoms with E-state index in [1.807, 2.05) is 36.6 Å². The Labute approximate surface area is 158 Å². The second-order valence-electron chi connectivity index (χ2n) is 5.71. The highest BCUT2D eigenvalue weighted by molar-refractivity contribution is 7.98. The van der Waals surface area contributed by atoms with Crippen LogP contribution in [0.25, 0.3) is 0 Å². The van der Waals surface area contributed by atoms with Gasteiger partial charge in [0.15, 0.2) is 0 Å². The number of hydrogen-bond donors (Lipinski definition) is 2. The van der Waals surface area contributed by atoms with E-state index in [2.05, 4.69) is 10.6 Å². The smallest absolute Gasteiger partial charge is 0.255 e. The van der Waals surface area contributed by atoms with Crippen LogP contribution < -0.4 is 15.4 Å². The van der Waals surface area contributed by atoms with Crippen LogP contribution >= 0.6 is 11.8 Å². The zero-order valence-electron chi connectivity index (χ0n) is 15.0. The second-order valence-corrected chi connectivity index (χ2v) is 6.70. The van der Waals surface area contributed by atoms with Gasteiger partial charge in [0.2, 0.25) is 5.91 Å². The number of para-hydroxylation sites is 1. The number of rotatable bonds is 9. The molecule has 1 atom stereocenters. The summed E-state index contributed by atoms with van der Waals surface area (Å²) in [6.07, 6.45) is 2.53. The lowest BCUT2D eigenvalue weighted by Gasteiger charge is -2.19. The van der Waals surface area contributed by atoms with Gasteiger partial charge in [-0.3, -0.25) is 9.59 Å². The van der Waals surface area contributed by atoms with Crippen LogP contribution in [-0.2, 0) is 11.3 Å². The number of carbonyl (C=O) groups is 2. The first-order chi connectivity index (χ1) is 12.7. The maximum Gasteiger partial charge on any atom is 0.255 e. The summed E-state index contributed by atoms with van der Waals surface area (Å²) in [6.45, 7) is 0.431. The highest BCUT2D eigenvalue weighted by Gasteiger charge is 2.22. The van der Waals surface area contributed by atoms with E-state index < -0.39 is 6.04 Å². The van der Waals surface area contributed by atoms with Crippen LogP contribution in [0.5, 0.6) is 5.75 Å². The number of amides is 2. The molecule has 0 saturated heterocycles. The molecule has 0 radical (unpaired) electrons. The zero-order valence-corrected chi connectivity index (χ0v) is 15.8. The van der Waals surface area contributed by atoms with Crippen LogP contribution in [0.3, 0.4) is 0 Å². The van der Waals surface area contributed by atoms with Crippen molar-refractivity contribution >= 4 is 23.6 Å². The second kappa shape index (κ2) is 10.5. The Morgan fingerprint density at radius 3 is 2.46 bits per heavy atom. The molecule has 6 heteroatoms. The van der Waals surface area contributed by atoms with Crippen LogP contribution in [0.15, 0.2) is 54.6 Å². The van der Waals surface area contributed by atoms with Crippen molar-refractivity contribution in [1.29, 1.82) is 0 Å². The summed E-state index contributed by atoms with van der Waals surface area (Å²) in [5.41, 5.74) is 1.43. The summed E-state index contributed by atoms with van der Waals surface area (Å²) in [4.78, 5) is 25.2. The highest BCUT2D eigenvalue weighted by Crippen LogP contribution is 2.17. The number of benzene rings is 2. The molecule has 26 heavy (non-hydrogen) atoms. The van der Waals surface area contributed by atoms with Crippen molar-refractivity contribution in [3.05, 3.63) is 65.7 Å². The predicted octanol–water partition coefficient (Wildman–Crippen LogP) is 2.86. The maximum atomic E-state index is 12.6. The molecule has 5 nitrogen and oxygen atoms in total. The van der Waals surface area contributed by atoms with Gasteiger partial charge in [0, 0.05) is 6.54 Å². The standard InChI is InChI=1S/C20H24N2O3S/c1-25-18-11-7-6-10-16(18)19(23)22-17(12-13-26-2)20(24)21-14-15-8-4-3-5-9-15/h3-11,17H,12-14H2,1-2H3,(H,21,24)(H,22,23)/t17-/m0/s1. The molecule has 2 amide bonds. The lowest BCUT2D eigenvalue weighted by molar-refractivity contribution is -0.123. The fourth-order valence-electron chi connectivity index (χ4n) is 2.48. The van der Waals surface area contributed by atoms with Gasteiger partial charge in [0.25, 0.3) is 5.91 Å². The molecule has 0 aliphatic heterocycles. The molecule has 0 unspecified atom stereocenters. The molecule has 2 rings (SSSR count). The van der Waals surface area contributed by atoms with E-state index in [4.69, 9.17) is 4.74 Å². The van der Waals surface area contributed by atoms with E-state index in [-0.39, 0.29) is 11.8 Å². The van der Waals surface area contributed by atoms with Gasteiger partial charge in [-0.25, -0.2) is 0 Å². The third-order valence-corrected chi connectivity index (χ3v) is 4.54. The van der Waals surface area contributed by atoms with Gasteiger partial charge in [-0.1, -0.05) is 42.5 Å². The lowest BCUT2D eigenvalue weighted by atomic mass is 10.1. The van der Waals surface area contributed by atoms with Crippen LogP contribution in [0.4, 0.5) is 0 Å². The Bertz CT molecular complexity index is 722. The van der Waals surface area contributed by atoms with Crippen LogP contribution in [-0.4, -0.2) is 37.0 Å². The molecule has 0 saturated carbocycles. The largest absolute Gasteiger partial charge is 0.496 e. The number of ether oxygens (including phenoxy) is 1. The maximum absolute atomic E-state index is 12.6. The molecule has 2 N–H and O–H groups in total. The first-order valence-corrected chi connectivity index (χ1v) is 9.79. The molecule has 0 fully saturated rings. The summed E-state index contributed by atoms with van der Waals surface area (Å²) in [7, 11) is 1.52. The van der Waals surface area contributed by atoms with Crippen LogP contribution in [0, 0.1) is 0 Å². The minimum Gasteiger partial charge on any atom is -0.496 e. The number of nitrogens with one attached hydrogen (secondary N) is 2. The topological polar surface area (TPSA) is 67.4 Å². The summed E-state index contributed by atoms with van der Waals surface area (Å²) in [5.74, 6) is 0.753. The van der Waals surface area contributed by atoms with Crippen LogP contribution in [0.1, 0.15) is 22.3 Å². The van der Waals surface area contributed by atoms with Crippen molar-refractivity contribution in [2.75, 3.05) is 19.1 Å². The van der Waals surface area contributed by atoms with Gasteiger partial charge in [0.1, 0.15) is 11.8 Å². The van der Waals surface area contributed by atoms with E-state index in [0.717, 1.165) is 11.3 Å². The Hall–Kier alpha value is -2.47. The van der Waals surface area contributed by atoms with E-state index >= 15 is 0 Å². The summed E-state index contributed by atoms with van der Waals surface area (Å²) in [5, 5.41) is 5.73. The molecule has 0 heterocycles. The van der Waals surface area contributed by atoms with Gasteiger partial charge in [0.05, 0.1) is 12.7 Å². The average Bonchev–Trinajstić information content (AvgIpc) is 2.69. The van der Waals surface area contributed by atoms with E-state index in [0.29, 0.717) is 24.3 Å². The van der Waals surface area contributed by atoms with Crippen molar-refractivity contribution in [2.24, 2.45) is 0 Å². The lowest BCUT2D eigenvalue weighted by Crippen LogP contribution is -2.47. The molecule has 2 aromatic carbocycles. The van der Waals surface area contributed by atoms with E-state index in [1.165, 1.54) is 7.11 Å². The van der Waals surface area contributed by atoms with Crippen molar-refractivity contribution in [2.45, 2.75) is 19.0 Å². The van der Waals surface area contributed by atoms with Crippen molar-refractivity contribution in [3.8, 4) is 5.75 Å². The Morgan fingerprint density at radius 2 is 1.77 bits per heavy atom. The molecule has 138 valence electrons. The first kappa shape index (κ1) is 19.8. The number of hydrogen-bond acceptors (Lipinski definition) is 4. The average molecular weight is 372 g/mol. The van der Waals surface area contributed by atoms with Gasteiger partial charge < -0.3 is 15.4 Å². The summed E-state index contributed by atoms with van der Waals surface area (Å²) in [6, 6.07) is 16.1. The first-order valence-electron chi connectivity index (χ1n) is 8.40. The molecule has 0 aliphatic rings. The molecular formula is C20H24N2O3S. The summed E-state index contributed by atoms with van der Waals surface area (Å²) < 4.78 is 5.23. The number of carbonyl (C=O) groups excluding carboxylic acids is 2. The van der Waals surface area contributed by atoms with Gasteiger partial charge in [-0.05, 0) is 36.1 Å². The number of methoxy groups -OCH3 is 1. The van der Waals surface area contributed by atoms with Crippen molar-refractivity contribution < 1.29 is 14.3 Å². The highest BCUT2D eigenvalue weighted by atomic mass is 32.2. The zero-order chi connectivity index (χ0) is 18.8. The molecule has 0 spiro atoms. The van der Waals surface area contributed by atoms with Crippen LogP contribution in [0.2, 0.25) is 0 Å². The van der Waals surface area contributed by atoms with E-state index in [9.17, 15) is 9.59 Å². The van der Waals surface area contributed by atoms with Gasteiger partial charge >= 0.3 is 0 Å². The molecule has 2 aromatic rings. The Balaban J connectivity index is 2.03. The fourth-order valence-corrected chi connectivity index (χ4v) is 2.95. The van der Waals surface area contributed by atoms with Crippen molar-refractivity contribution in [3.63, 3.8) is 0 Å². The van der Waals surface area contributed by atoms with Gasteiger partial charge in [-0.2, -0.15) is 11.8 Å². The van der Waals surface area contributed by atoms with Crippen molar-refractivity contribution in [1.82, 2.24) is 10.6 Å². The third-order valence-electron chi connectivity index (χ3n) is 3.89. The minimum atomic E-state index is -0.594.